The number of aliphatic hydroxyl groups is 1. The summed E-state index contributed by atoms with van der Waals surface area (Å²) in [6, 6.07) is 3.61. The Hall–Kier alpha value is -1.54. The van der Waals surface area contributed by atoms with E-state index in [1.54, 1.807) is 12.3 Å². The lowest BCUT2D eigenvalue weighted by molar-refractivity contribution is -0.301. The highest BCUT2D eigenvalue weighted by atomic mass is 79.9. The van der Waals surface area contributed by atoms with Gasteiger partial charge in [-0.3, -0.25) is 4.79 Å². The summed E-state index contributed by atoms with van der Waals surface area (Å²) in [6.45, 7) is 12.6. The second kappa shape index (κ2) is 7.27. The molecule has 35 heavy (non-hydrogen) atoms. The van der Waals surface area contributed by atoms with Crippen molar-refractivity contribution in [2.24, 2.45) is 34.5 Å². The molecule has 6 nitrogen and oxygen atoms in total. The molecule has 0 radical (unpaired) electrons. The molecule has 8 atom stereocenters. The van der Waals surface area contributed by atoms with E-state index < -0.39 is 29.0 Å². The zero-order chi connectivity index (χ0) is 25.1. The first-order valence-corrected chi connectivity index (χ1v) is 13.4. The fraction of sp³-hybridized carbons (Fsp3) is 0.643. The van der Waals surface area contributed by atoms with E-state index in [-0.39, 0.29) is 29.0 Å². The molecule has 6 rings (SSSR count). The monoisotopic (exact) mass is 543 g/mol. The smallest absolute Gasteiger partial charge is 0.215 e. The Morgan fingerprint density at radius 3 is 2.71 bits per heavy atom. The lowest BCUT2D eigenvalue weighted by atomic mass is 9.59. The maximum absolute atomic E-state index is 14.7. The Morgan fingerprint density at radius 1 is 1.26 bits per heavy atom. The van der Waals surface area contributed by atoms with Crippen LogP contribution in [0.1, 0.15) is 48.0 Å². The Balaban J connectivity index is 1.56. The zero-order valence-corrected chi connectivity index (χ0v) is 22.8. The summed E-state index contributed by atoms with van der Waals surface area (Å²) in [7, 11) is 0. The highest BCUT2D eigenvalue weighted by Gasteiger charge is 2.77. The number of aromatic nitrogens is 1. The van der Waals surface area contributed by atoms with E-state index >= 15 is 0 Å². The fourth-order valence-electron chi connectivity index (χ4n) is 7.87. The van der Waals surface area contributed by atoms with Crippen LogP contribution in [-0.4, -0.2) is 46.1 Å². The van der Waals surface area contributed by atoms with Gasteiger partial charge in [-0.25, -0.2) is 4.98 Å². The van der Waals surface area contributed by atoms with Crippen LogP contribution in [0.4, 0.5) is 0 Å². The predicted molar refractivity (Wildman–Crippen MR) is 134 cm³/mol. The van der Waals surface area contributed by atoms with Gasteiger partial charge in [0.25, 0.3) is 0 Å². The molecule has 1 unspecified atom stereocenters. The number of ketones is 1. The minimum absolute atomic E-state index is 0.0828. The lowest BCUT2D eigenvalue weighted by Crippen LogP contribution is -2.68. The number of halogens is 1. The molecule has 0 amide bonds. The van der Waals surface area contributed by atoms with Crippen molar-refractivity contribution < 1.29 is 24.1 Å². The average Bonchev–Trinajstić information content (AvgIpc) is 3.26. The number of ether oxygens (including phenoxy) is 3. The number of rotatable bonds is 2. The van der Waals surface area contributed by atoms with Crippen molar-refractivity contribution >= 4 is 21.7 Å². The highest BCUT2D eigenvalue weighted by Crippen LogP contribution is 2.72. The molecule has 188 valence electrons. The van der Waals surface area contributed by atoms with Gasteiger partial charge in [-0.15, -0.1) is 0 Å². The van der Waals surface area contributed by atoms with Crippen molar-refractivity contribution in [3.63, 3.8) is 0 Å². The number of pyridine rings is 1. The molecule has 0 aromatic carbocycles. The Kier molecular flexibility index (Phi) is 4.95. The lowest BCUT2D eigenvalue weighted by Gasteiger charge is -2.52. The van der Waals surface area contributed by atoms with Crippen molar-refractivity contribution in [2.45, 2.75) is 71.6 Å². The normalized spacial score (nSPS) is 44.6. The average molecular weight is 544 g/mol. The van der Waals surface area contributed by atoms with E-state index in [4.69, 9.17) is 14.2 Å². The van der Waals surface area contributed by atoms with E-state index in [0.717, 1.165) is 22.0 Å². The molecule has 4 aliphatic carbocycles. The van der Waals surface area contributed by atoms with Crippen molar-refractivity contribution in [1.82, 2.24) is 4.98 Å². The first-order valence-electron chi connectivity index (χ1n) is 12.6. The van der Waals surface area contributed by atoms with Crippen LogP contribution in [0.25, 0.3) is 0 Å². The minimum Gasteiger partial charge on any atom is -0.467 e. The summed E-state index contributed by atoms with van der Waals surface area (Å²) >= 11 is 3.48. The quantitative estimate of drug-likeness (QED) is 0.537. The van der Waals surface area contributed by atoms with Crippen molar-refractivity contribution in [3.8, 4) is 5.88 Å². The molecular weight excluding hydrogens is 510 g/mol. The summed E-state index contributed by atoms with van der Waals surface area (Å²) in [5.74, 6) is -0.115. The summed E-state index contributed by atoms with van der Waals surface area (Å²) < 4.78 is 19.8. The van der Waals surface area contributed by atoms with Crippen LogP contribution < -0.4 is 4.74 Å². The van der Waals surface area contributed by atoms with Crippen LogP contribution in [0.2, 0.25) is 0 Å². The SMILES string of the molecule is CC1=CC23C(=O)[C@@H](C=C4COC(C)(C)O[C@H]4[C@]2(O)[C@H]1Oc1cc(Br)ccn1)[C@H]1[C@@H](C[C@H]3C)C1(C)C. The Morgan fingerprint density at radius 2 is 2.00 bits per heavy atom. The minimum atomic E-state index is -1.64. The fourth-order valence-corrected chi connectivity index (χ4v) is 8.18. The van der Waals surface area contributed by atoms with Crippen LogP contribution >= 0.6 is 15.9 Å². The molecular formula is C28H34BrNO5. The standard InChI is InChI=1S/C28H34BrNO5/c1-14-12-27-15(2)9-19-21(25(19,3)4)18(22(27)31)10-16-13-33-26(5,6)35-24(16)28(27,32)23(14)34-20-11-17(29)7-8-30-20/h7-8,10-12,15,18-19,21,23-24,32H,9,13H2,1-6H3/t15-,18+,19-,21+,23+,24-,27?,28-/m1/s1. The van der Waals surface area contributed by atoms with Gasteiger partial charge in [0.1, 0.15) is 6.10 Å². The Bertz CT molecular complexity index is 1170. The second-order valence-corrected chi connectivity index (χ2v) is 13.2. The molecule has 1 saturated heterocycles. The third kappa shape index (κ3) is 3.04. The second-order valence-electron chi connectivity index (χ2n) is 12.3. The third-order valence-electron chi connectivity index (χ3n) is 9.61. The molecule has 5 aliphatic rings. The molecule has 1 aromatic rings. The molecule has 3 fully saturated rings. The number of hydrogen-bond donors (Lipinski definition) is 1. The molecule has 2 heterocycles. The number of fused-ring (bicyclic) bond motifs is 5. The predicted octanol–water partition coefficient (Wildman–Crippen LogP) is 4.86. The molecule has 1 spiro atoms. The zero-order valence-electron chi connectivity index (χ0n) is 21.2. The molecule has 1 N–H and O–H groups in total. The van der Waals surface area contributed by atoms with E-state index in [0.29, 0.717) is 18.4 Å². The van der Waals surface area contributed by atoms with E-state index in [1.165, 1.54) is 0 Å². The van der Waals surface area contributed by atoms with Gasteiger partial charge in [-0.05, 0) is 67.6 Å². The topological polar surface area (TPSA) is 77.9 Å². The summed E-state index contributed by atoms with van der Waals surface area (Å²) in [5.41, 5.74) is -1.01. The summed E-state index contributed by atoms with van der Waals surface area (Å²) in [5, 5.41) is 13.0. The van der Waals surface area contributed by atoms with Crippen molar-refractivity contribution in [3.05, 3.63) is 46.1 Å². The van der Waals surface area contributed by atoms with E-state index in [2.05, 4.69) is 47.8 Å². The maximum Gasteiger partial charge on any atom is 0.215 e. The van der Waals surface area contributed by atoms with Gasteiger partial charge >= 0.3 is 0 Å². The van der Waals surface area contributed by atoms with E-state index in [9.17, 15) is 9.90 Å². The Labute approximate surface area is 215 Å². The first-order chi connectivity index (χ1) is 16.3. The molecule has 2 saturated carbocycles. The maximum atomic E-state index is 14.7. The van der Waals surface area contributed by atoms with Crippen LogP contribution in [0.5, 0.6) is 5.88 Å². The number of hydrogen-bond acceptors (Lipinski definition) is 6. The summed E-state index contributed by atoms with van der Waals surface area (Å²) in [4.78, 5) is 19.0. The molecule has 1 aliphatic heterocycles. The molecule has 7 heteroatoms. The largest absolute Gasteiger partial charge is 0.467 e. The van der Waals surface area contributed by atoms with Gasteiger partial charge in [0.2, 0.25) is 5.88 Å². The molecule has 1 aromatic heterocycles. The van der Waals surface area contributed by atoms with Crippen LogP contribution in [0, 0.1) is 34.5 Å². The van der Waals surface area contributed by atoms with Gasteiger partial charge in [0, 0.05) is 22.7 Å². The van der Waals surface area contributed by atoms with Gasteiger partial charge in [0.15, 0.2) is 23.3 Å². The van der Waals surface area contributed by atoms with E-state index in [1.807, 2.05) is 32.9 Å². The van der Waals surface area contributed by atoms with Gasteiger partial charge in [-0.2, -0.15) is 0 Å². The van der Waals surface area contributed by atoms with Crippen molar-refractivity contribution in [2.75, 3.05) is 6.61 Å². The van der Waals surface area contributed by atoms with Crippen molar-refractivity contribution in [1.29, 1.82) is 0 Å². The van der Waals surface area contributed by atoms with Gasteiger partial charge in [0.05, 0.1) is 12.0 Å². The third-order valence-corrected chi connectivity index (χ3v) is 10.1. The summed E-state index contributed by atoms with van der Waals surface area (Å²) in [6.07, 6.45) is 5.08. The number of carbonyl (C=O) groups is 1. The van der Waals surface area contributed by atoms with Gasteiger partial charge in [-0.1, -0.05) is 48.9 Å². The number of Topliss-reactive ketones (excluding diaryl/α,β-unsaturated/α-hetero) is 1. The van der Waals surface area contributed by atoms with Crippen LogP contribution in [0.15, 0.2) is 46.1 Å². The number of nitrogens with zero attached hydrogens (tertiary/aromatic N) is 1. The number of carbonyl (C=O) groups excluding carboxylic acids is 1. The highest BCUT2D eigenvalue weighted by molar-refractivity contribution is 9.10. The van der Waals surface area contributed by atoms with Gasteiger partial charge < -0.3 is 19.3 Å². The van der Waals surface area contributed by atoms with Crippen LogP contribution in [-0.2, 0) is 14.3 Å². The number of allylic oxidation sites excluding steroid dienone is 1. The van der Waals surface area contributed by atoms with Crippen LogP contribution in [0.3, 0.4) is 0 Å². The molecule has 2 bridgehead atoms. The first kappa shape index (κ1) is 23.8.